The highest BCUT2D eigenvalue weighted by Crippen LogP contribution is 2.33. The average Bonchev–Trinajstić information content (AvgIpc) is 2.80. The lowest BCUT2D eigenvalue weighted by atomic mass is 10.1. The highest BCUT2D eigenvalue weighted by molar-refractivity contribution is 5.41. The number of nitrogens with zero attached hydrogens (tertiary/aromatic N) is 3. The third kappa shape index (κ3) is 2.28. The number of hydrogen-bond acceptors (Lipinski definition) is 3. The summed E-state index contributed by atoms with van der Waals surface area (Å²) in [6, 6.07) is 3.94. The van der Waals surface area contributed by atoms with Gasteiger partial charge in [-0.25, -0.2) is 0 Å². The highest BCUT2D eigenvalue weighted by Gasteiger charge is 2.33. The minimum Gasteiger partial charge on any atom is -0.326 e. The number of rotatable bonds is 2. The van der Waals surface area contributed by atoms with Crippen LogP contribution in [-0.2, 0) is 12.7 Å². The number of benzene rings is 1. The molecule has 7 heteroatoms. The van der Waals surface area contributed by atoms with Gasteiger partial charge < -0.3 is 5.73 Å². The second-order valence-electron chi connectivity index (χ2n) is 3.41. The van der Waals surface area contributed by atoms with E-state index in [1.54, 1.807) is 6.07 Å². The Morgan fingerprint density at radius 1 is 1.18 bits per heavy atom. The number of alkyl halides is 3. The molecule has 2 aromatic rings. The van der Waals surface area contributed by atoms with E-state index in [1.807, 2.05) is 0 Å². The molecule has 0 aliphatic carbocycles. The van der Waals surface area contributed by atoms with E-state index < -0.39 is 11.7 Å². The molecule has 17 heavy (non-hydrogen) atoms. The van der Waals surface area contributed by atoms with Gasteiger partial charge in [0.25, 0.3) is 0 Å². The second-order valence-corrected chi connectivity index (χ2v) is 3.41. The molecule has 1 aromatic heterocycles. The molecule has 0 atom stereocenters. The fourth-order valence-electron chi connectivity index (χ4n) is 1.50. The zero-order valence-electron chi connectivity index (χ0n) is 8.65. The van der Waals surface area contributed by atoms with Gasteiger partial charge in [0.15, 0.2) is 0 Å². The summed E-state index contributed by atoms with van der Waals surface area (Å²) < 4.78 is 39.7. The molecular weight excluding hydrogens is 233 g/mol. The molecule has 0 aliphatic heterocycles. The van der Waals surface area contributed by atoms with E-state index in [4.69, 9.17) is 5.73 Å². The van der Waals surface area contributed by atoms with Crippen molar-refractivity contribution in [2.24, 2.45) is 5.73 Å². The molecule has 0 fully saturated rings. The molecule has 4 nitrogen and oxygen atoms in total. The van der Waals surface area contributed by atoms with Crippen LogP contribution >= 0.6 is 0 Å². The first kappa shape index (κ1) is 11.6. The smallest absolute Gasteiger partial charge is 0.326 e. The zero-order valence-corrected chi connectivity index (χ0v) is 8.65. The molecule has 0 spiro atoms. The van der Waals surface area contributed by atoms with Gasteiger partial charge in [-0.15, -0.1) is 10.2 Å². The van der Waals surface area contributed by atoms with Crippen molar-refractivity contribution in [3.63, 3.8) is 0 Å². The Bertz CT molecular complexity index is 505. The molecule has 1 heterocycles. The summed E-state index contributed by atoms with van der Waals surface area (Å²) in [5.41, 5.74) is 4.97. The quantitative estimate of drug-likeness (QED) is 0.872. The number of hydrogen-bond donors (Lipinski definition) is 1. The molecule has 0 amide bonds. The van der Waals surface area contributed by atoms with E-state index in [0.717, 1.165) is 6.07 Å². The third-order valence-corrected chi connectivity index (χ3v) is 2.34. The van der Waals surface area contributed by atoms with Crippen molar-refractivity contribution in [3.05, 3.63) is 42.0 Å². The Morgan fingerprint density at radius 3 is 2.35 bits per heavy atom. The van der Waals surface area contributed by atoms with Crippen molar-refractivity contribution < 1.29 is 13.2 Å². The molecule has 0 radical (unpaired) electrons. The predicted octanol–water partition coefficient (Wildman–Crippen LogP) is 1.74. The summed E-state index contributed by atoms with van der Waals surface area (Å²) in [4.78, 5) is 0. The van der Waals surface area contributed by atoms with Gasteiger partial charge in [0.2, 0.25) is 0 Å². The first-order valence-electron chi connectivity index (χ1n) is 4.77. The maximum absolute atomic E-state index is 12.8. The van der Waals surface area contributed by atoms with Crippen molar-refractivity contribution in [3.8, 4) is 5.69 Å². The van der Waals surface area contributed by atoms with Crippen LogP contribution in [0.1, 0.15) is 11.1 Å². The zero-order chi connectivity index (χ0) is 12.5. The largest absolute Gasteiger partial charge is 0.416 e. The SMILES string of the molecule is NCc1ccc(-n2cnnc2)cc1C(F)(F)F. The van der Waals surface area contributed by atoms with E-state index in [1.165, 1.54) is 23.3 Å². The monoisotopic (exact) mass is 242 g/mol. The van der Waals surface area contributed by atoms with Gasteiger partial charge in [-0.3, -0.25) is 4.57 Å². The molecule has 0 bridgehead atoms. The molecule has 0 unspecified atom stereocenters. The van der Waals surface area contributed by atoms with Crippen molar-refractivity contribution in [2.45, 2.75) is 12.7 Å². The molecule has 2 N–H and O–H groups in total. The lowest BCUT2D eigenvalue weighted by Gasteiger charge is -2.13. The van der Waals surface area contributed by atoms with Crippen LogP contribution in [0.4, 0.5) is 13.2 Å². The maximum Gasteiger partial charge on any atom is 0.416 e. The van der Waals surface area contributed by atoms with Crippen LogP contribution in [0.3, 0.4) is 0 Å². The molecule has 90 valence electrons. The molecule has 2 rings (SSSR count). The van der Waals surface area contributed by atoms with Crippen molar-refractivity contribution in [1.82, 2.24) is 14.8 Å². The predicted molar refractivity (Wildman–Crippen MR) is 54.3 cm³/mol. The Balaban J connectivity index is 2.53. The van der Waals surface area contributed by atoms with Crippen molar-refractivity contribution in [2.75, 3.05) is 0 Å². The highest BCUT2D eigenvalue weighted by atomic mass is 19.4. The van der Waals surface area contributed by atoms with E-state index in [-0.39, 0.29) is 12.1 Å². The minimum atomic E-state index is -4.42. The van der Waals surface area contributed by atoms with Gasteiger partial charge in [-0.1, -0.05) is 6.07 Å². The van der Waals surface area contributed by atoms with Crippen LogP contribution in [0.15, 0.2) is 30.9 Å². The van der Waals surface area contributed by atoms with Gasteiger partial charge in [0, 0.05) is 12.2 Å². The maximum atomic E-state index is 12.8. The van der Waals surface area contributed by atoms with Crippen molar-refractivity contribution >= 4 is 0 Å². The number of nitrogens with two attached hydrogens (primary N) is 1. The Hall–Kier alpha value is -1.89. The van der Waals surface area contributed by atoms with Crippen LogP contribution in [0.25, 0.3) is 5.69 Å². The number of aromatic nitrogens is 3. The lowest BCUT2D eigenvalue weighted by Crippen LogP contribution is -2.12. The first-order valence-corrected chi connectivity index (χ1v) is 4.77. The van der Waals surface area contributed by atoms with Gasteiger partial charge in [0.1, 0.15) is 12.7 Å². The lowest BCUT2D eigenvalue weighted by molar-refractivity contribution is -0.138. The summed E-state index contributed by atoms with van der Waals surface area (Å²) in [6.07, 6.45) is -1.76. The van der Waals surface area contributed by atoms with Crippen LogP contribution in [0, 0.1) is 0 Å². The summed E-state index contributed by atoms with van der Waals surface area (Å²) in [7, 11) is 0. The minimum absolute atomic E-state index is 0.0642. The Kier molecular flexibility index (Phi) is 2.84. The molecule has 0 saturated heterocycles. The van der Waals surface area contributed by atoms with Gasteiger partial charge in [0.05, 0.1) is 5.56 Å². The van der Waals surface area contributed by atoms with E-state index >= 15 is 0 Å². The fraction of sp³-hybridized carbons (Fsp3) is 0.200. The van der Waals surface area contributed by atoms with E-state index in [9.17, 15) is 13.2 Å². The Morgan fingerprint density at radius 2 is 1.82 bits per heavy atom. The van der Waals surface area contributed by atoms with Gasteiger partial charge in [-0.2, -0.15) is 13.2 Å². The summed E-state index contributed by atoms with van der Waals surface area (Å²) in [5.74, 6) is 0. The molecular formula is C10H9F3N4. The van der Waals surface area contributed by atoms with Gasteiger partial charge >= 0.3 is 6.18 Å². The van der Waals surface area contributed by atoms with E-state index in [0.29, 0.717) is 5.69 Å². The average molecular weight is 242 g/mol. The normalized spacial score (nSPS) is 11.8. The summed E-state index contributed by atoms with van der Waals surface area (Å²) in [5, 5.41) is 7.08. The van der Waals surface area contributed by atoms with E-state index in [2.05, 4.69) is 10.2 Å². The van der Waals surface area contributed by atoms with Crippen LogP contribution < -0.4 is 5.73 Å². The van der Waals surface area contributed by atoms with Crippen molar-refractivity contribution in [1.29, 1.82) is 0 Å². The number of halogens is 3. The summed E-state index contributed by atoms with van der Waals surface area (Å²) in [6.45, 7) is -0.155. The fourth-order valence-corrected chi connectivity index (χ4v) is 1.50. The topological polar surface area (TPSA) is 56.7 Å². The Labute approximate surface area is 94.9 Å². The van der Waals surface area contributed by atoms with Crippen LogP contribution in [0.5, 0.6) is 0 Å². The standard InChI is InChI=1S/C10H9F3N4/c11-10(12,13)9-3-8(2-1-7(9)4-14)17-5-15-16-6-17/h1-3,5-6H,4,14H2. The van der Waals surface area contributed by atoms with Gasteiger partial charge in [-0.05, 0) is 17.7 Å². The summed E-state index contributed by atoms with van der Waals surface area (Å²) >= 11 is 0. The van der Waals surface area contributed by atoms with Crippen LogP contribution in [0.2, 0.25) is 0 Å². The molecule has 0 saturated carbocycles. The molecule has 0 aliphatic rings. The first-order chi connectivity index (χ1) is 8.02. The molecule has 1 aromatic carbocycles. The third-order valence-electron chi connectivity index (χ3n) is 2.34. The van der Waals surface area contributed by atoms with Crippen LogP contribution in [-0.4, -0.2) is 14.8 Å². The second kappa shape index (κ2) is 4.17.